The number of hydrogen-bond acceptors (Lipinski definition) is 4. The molecule has 0 unspecified atom stereocenters. The number of hydrogen-bond donors (Lipinski definition) is 0. The topological polar surface area (TPSA) is 62.2 Å². The molecule has 140 valence electrons. The van der Waals surface area contributed by atoms with E-state index < -0.39 is 0 Å². The lowest BCUT2D eigenvalue weighted by Crippen LogP contribution is -2.44. The highest BCUT2D eigenvalue weighted by Gasteiger charge is 2.28. The number of carbonyl (C=O) groups excluding carboxylic acids is 2. The van der Waals surface area contributed by atoms with Crippen LogP contribution in [-0.2, 0) is 16.0 Å². The van der Waals surface area contributed by atoms with Crippen LogP contribution in [0.25, 0.3) is 0 Å². The van der Waals surface area contributed by atoms with Gasteiger partial charge in [0.25, 0.3) is 5.91 Å². The zero-order chi connectivity index (χ0) is 18.5. The van der Waals surface area contributed by atoms with Crippen molar-refractivity contribution >= 4 is 17.5 Å². The van der Waals surface area contributed by atoms with Crippen LogP contribution in [0, 0.1) is 5.92 Å². The number of nitrogens with zero attached hydrogens (tertiary/aromatic N) is 3. The van der Waals surface area contributed by atoms with Gasteiger partial charge in [0.05, 0.1) is 7.11 Å². The molecule has 2 amide bonds. The zero-order valence-electron chi connectivity index (χ0n) is 15.6. The molecule has 2 heterocycles. The molecule has 0 bridgehead atoms. The number of aryl methyl sites for hydroxylation is 1. The van der Waals surface area contributed by atoms with Gasteiger partial charge in [-0.2, -0.15) is 5.10 Å². The number of hydrazone groups is 1. The second-order valence-electron chi connectivity index (χ2n) is 7.09. The van der Waals surface area contributed by atoms with Gasteiger partial charge in [0.1, 0.15) is 11.5 Å². The molecule has 26 heavy (non-hydrogen) atoms. The maximum absolute atomic E-state index is 12.6. The van der Waals surface area contributed by atoms with Gasteiger partial charge in [-0.1, -0.05) is 12.1 Å². The van der Waals surface area contributed by atoms with Crippen molar-refractivity contribution in [2.45, 2.75) is 38.5 Å². The molecule has 1 fully saturated rings. The zero-order valence-corrected chi connectivity index (χ0v) is 15.6. The van der Waals surface area contributed by atoms with Gasteiger partial charge in [-0.05, 0) is 49.3 Å². The summed E-state index contributed by atoms with van der Waals surface area (Å²) in [5.74, 6) is 1.51. The molecule has 1 aromatic rings. The van der Waals surface area contributed by atoms with Crippen molar-refractivity contribution < 1.29 is 14.3 Å². The lowest BCUT2D eigenvalue weighted by Gasteiger charge is -2.33. The average Bonchev–Trinajstić information content (AvgIpc) is 2.69. The third-order valence-corrected chi connectivity index (χ3v) is 5.36. The molecule has 0 saturated carbocycles. The van der Waals surface area contributed by atoms with E-state index in [0.717, 1.165) is 44.5 Å². The Morgan fingerprint density at radius 1 is 1.19 bits per heavy atom. The van der Waals surface area contributed by atoms with Gasteiger partial charge in [0.15, 0.2) is 0 Å². The van der Waals surface area contributed by atoms with Crippen LogP contribution in [0.3, 0.4) is 0 Å². The monoisotopic (exact) mass is 357 g/mol. The molecule has 1 aromatic carbocycles. The minimum absolute atomic E-state index is 0.00189. The van der Waals surface area contributed by atoms with Crippen LogP contribution >= 0.6 is 0 Å². The first kappa shape index (κ1) is 18.4. The Balaban J connectivity index is 1.45. The number of piperidine rings is 1. The normalized spacial score (nSPS) is 18.7. The Morgan fingerprint density at radius 3 is 2.50 bits per heavy atom. The van der Waals surface area contributed by atoms with E-state index in [1.807, 2.05) is 17.0 Å². The van der Waals surface area contributed by atoms with E-state index >= 15 is 0 Å². The van der Waals surface area contributed by atoms with E-state index in [2.05, 4.69) is 17.2 Å². The number of ether oxygens (including phenoxy) is 1. The molecule has 0 aliphatic carbocycles. The SMILES string of the molecule is COc1ccc(CCC2CCN(C(=O)C3=NN(C)C(=O)CC3)CC2)cc1. The van der Waals surface area contributed by atoms with Crippen LogP contribution in [-0.4, -0.2) is 54.7 Å². The van der Waals surface area contributed by atoms with Crippen LogP contribution in [0.4, 0.5) is 0 Å². The fourth-order valence-corrected chi connectivity index (χ4v) is 3.59. The second kappa shape index (κ2) is 8.34. The Labute approximate surface area is 154 Å². The summed E-state index contributed by atoms with van der Waals surface area (Å²) in [5, 5.41) is 5.44. The summed E-state index contributed by atoms with van der Waals surface area (Å²) >= 11 is 0. The van der Waals surface area contributed by atoms with Gasteiger partial charge >= 0.3 is 0 Å². The summed E-state index contributed by atoms with van der Waals surface area (Å²) in [5.41, 5.74) is 1.84. The van der Waals surface area contributed by atoms with Crippen LogP contribution in [0.1, 0.15) is 37.7 Å². The molecule has 1 saturated heterocycles. The van der Waals surface area contributed by atoms with E-state index in [1.54, 1.807) is 14.2 Å². The molecule has 2 aliphatic rings. The molecule has 3 rings (SSSR count). The van der Waals surface area contributed by atoms with Gasteiger partial charge in [-0.25, -0.2) is 5.01 Å². The van der Waals surface area contributed by atoms with Crippen molar-refractivity contribution in [1.29, 1.82) is 0 Å². The minimum Gasteiger partial charge on any atom is -0.497 e. The van der Waals surface area contributed by atoms with Crippen molar-refractivity contribution in [2.24, 2.45) is 11.0 Å². The van der Waals surface area contributed by atoms with E-state index in [0.29, 0.717) is 24.5 Å². The first-order chi connectivity index (χ1) is 12.6. The fraction of sp³-hybridized carbons (Fsp3) is 0.550. The van der Waals surface area contributed by atoms with Gasteiger partial charge in [-0.15, -0.1) is 0 Å². The van der Waals surface area contributed by atoms with E-state index in [9.17, 15) is 9.59 Å². The Kier molecular flexibility index (Phi) is 5.91. The van der Waals surface area contributed by atoms with Gasteiger partial charge in [0.2, 0.25) is 5.91 Å². The highest BCUT2D eigenvalue weighted by molar-refractivity contribution is 6.39. The third kappa shape index (κ3) is 4.42. The summed E-state index contributed by atoms with van der Waals surface area (Å²) < 4.78 is 5.19. The fourth-order valence-electron chi connectivity index (χ4n) is 3.59. The second-order valence-corrected chi connectivity index (χ2v) is 7.09. The van der Waals surface area contributed by atoms with Crippen LogP contribution in [0.5, 0.6) is 5.75 Å². The lowest BCUT2D eigenvalue weighted by atomic mass is 9.90. The summed E-state index contributed by atoms with van der Waals surface area (Å²) in [4.78, 5) is 26.0. The number of benzene rings is 1. The highest BCUT2D eigenvalue weighted by Crippen LogP contribution is 2.24. The molecule has 6 heteroatoms. The number of methoxy groups -OCH3 is 1. The number of carbonyl (C=O) groups is 2. The maximum atomic E-state index is 12.6. The van der Waals surface area contributed by atoms with Crippen molar-refractivity contribution in [3.05, 3.63) is 29.8 Å². The van der Waals surface area contributed by atoms with E-state index in [4.69, 9.17) is 4.74 Å². The molecule has 0 aromatic heterocycles. The van der Waals surface area contributed by atoms with Crippen molar-refractivity contribution in [1.82, 2.24) is 9.91 Å². The molecule has 2 aliphatic heterocycles. The van der Waals surface area contributed by atoms with Crippen molar-refractivity contribution in [3.8, 4) is 5.75 Å². The van der Waals surface area contributed by atoms with Crippen LogP contribution in [0.15, 0.2) is 29.4 Å². The predicted molar refractivity (Wildman–Crippen MR) is 100 cm³/mol. The average molecular weight is 357 g/mol. The van der Waals surface area contributed by atoms with Crippen LogP contribution < -0.4 is 4.74 Å². The Bertz CT molecular complexity index is 676. The largest absolute Gasteiger partial charge is 0.497 e. The first-order valence-corrected chi connectivity index (χ1v) is 9.33. The lowest BCUT2D eigenvalue weighted by molar-refractivity contribution is -0.130. The van der Waals surface area contributed by atoms with E-state index in [-0.39, 0.29) is 11.8 Å². The summed E-state index contributed by atoms with van der Waals surface area (Å²) in [6.45, 7) is 1.56. The molecule has 0 atom stereocenters. The molecular weight excluding hydrogens is 330 g/mol. The predicted octanol–water partition coefficient (Wildman–Crippen LogP) is 2.47. The third-order valence-electron chi connectivity index (χ3n) is 5.36. The molecule has 0 N–H and O–H groups in total. The highest BCUT2D eigenvalue weighted by atomic mass is 16.5. The molecular formula is C20H27N3O3. The standard InChI is InChI=1S/C20H27N3O3/c1-22-19(24)10-9-18(21-22)20(25)23-13-11-16(12-14-23)4-3-15-5-7-17(26-2)8-6-15/h5-8,16H,3-4,9-14H2,1-2H3. The molecule has 0 radical (unpaired) electrons. The molecule has 6 nitrogen and oxygen atoms in total. The maximum Gasteiger partial charge on any atom is 0.270 e. The number of likely N-dealkylation sites (tertiary alicyclic amines) is 1. The van der Waals surface area contributed by atoms with Gasteiger partial charge in [0, 0.05) is 33.0 Å². The smallest absolute Gasteiger partial charge is 0.270 e. The first-order valence-electron chi connectivity index (χ1n) is 9.33. The van der Waals surface area contributed by atoms with Gasteiger partial charge in [-0.3, -0.25) is 9.59 Å². The van der Waals surface area contributed by atoms with Gasteiger partial charge < -0.3 is 9.64 Å². The number of rotatable bonds is 5. The number of amides is 2. The quantitative estimate of drug-likeness (QED) is 0.813. The Morgan fingerprint density at radius 2 is 1.88 bits per heavy atom. The van der Waals surface area contributed by atoms with Crippen LogP contribution in [0.2, 0.25) is 0 Å². The van der Waals surface area contributed by atoms with E-state index in [1.165, 1.54) is 10.6 Å². The van der Waals surface area contributed by atoms with Crippen molar-refractivity contribution in [3.63, 3.8) is 0 Å². The summed E-state index contributed by atoms with van der Waals surface area (Å²) in [6.07, 6.45) is 5.10. The minimum atomic E-state index is -0.0289. The molecule has 0 spiro atoms. The summed E-state index contributed by atoms with van der Waals surface area (Å²) in [7, 11) is 3.29. The van der Waals surface area contributed by atoms with Crippen molar-refractivity contribution in [2.75, 3.05) is 27.2 Å². The summed E-state index contributed by atoms with van der Waals surface area (Å²) in [6, 6.07) is 8.25. The Hall–Kier alpha value is -2.37.